The van der Waals surface area contributed by atoms with E-state index in [0.717, 1.165) is 6.42 Å². The maximum Gasteiger partial charge on any atom is 0.293 e. The molecule has 2 rings (SSSR count). The van der Waals surface area contributed by atoms with Gasteiger partial charge in [-0.2, -0.15) is 4.98 Å². The van der Waals surface area contributed by atoms with E-state index in [-0.39, 0.29) is 0 Å². The van der Waals surface area contributed by atoms with Gasteiger partial charge in [-0.15, -0.1) is 0 Å². The molecule has 6 heteroatoms. The summed E-state index contributed by atoms with van der Waals surface area (Å²) in [6, 6.07) is 3.52. The molecule has 2 heterocycles. The number of furan rings is 1. The minimum Gasteiger partial charge on any atom is -0.444 e. The second kappa shape index (κ2) is 4.03. The molecule has 0 aliphatic heterocycles. The molecule has 2 N–H and O–H groups in total. The van der Waals surface area contributed by atoms with Gasteiger partial charge in [0, 0.05) is 0 Å². The summed E-state index contributed by atoms with van der Waals surface area (Å²) in [5.41, 5.74) is 5.43. The minimum absolute atomic E-state index is 0.339. The smallest absolute Gasteiger partial charge is 0.293 e. The monoisotopic (exact) mass is 285 g/mol. The average molecular weight is 286 g/mol. The largest absolute Gasteiger partial charge is 0.444 e. The molecular weight excluding hydrogens is 274 g/mol. The molecule has 1 unspecified atom stereocenters. The highest BCUT2D eigenvalue weighted by Crippen LogP contribution is 2.26. The van der Waals surface area contributed by atoms with Gasteiger partial charge in [0.25, 0.3) is 5.89 Å². The Bertz CT molecular complexity index is 490. The summed E-state index contributed by atoms with van der Waals surface area (Å²) in [5, 5.41) is 3.86. The summed E-state index contributed by atoms with van der Waals surface area (Å²) in [6.45, 7) is 3.83. The zero-order chi connectivity index (χ0) is 11.8. The third-order valence-electron chi connectivity index (χ3n) is 2.46. The van der Waals surface area contributed by atoms with Crippen LogP contribution in [-0.4, -0.2) is 10.1 Å². The van der Waals surface area contributed by atoms with Crippen molar-refractivity contribution in [1.29, 1.82) is 0 Å². The SMILES string of the molecule is CCC(C)(N)c1noc(-c2ccc(Br)o2)n1. The minimum atomic E-state index is -0.578. The normalized spacial score (nSPS) is 15.0. The fraction of sp³-hybridized carbons (Fsp3) is 0.400. The maximum absolute atomic E-state index is 6.01. The number of hydrogen-bond donors (Lipinski definition) is 1. The van der Waals surface area contributed by atoms with Crippen LogP contribution in [0.5, 0.6) is 0 Å². The van der Waals surface area contributed by atoms with Crippen LogP contribution in [0.4, 0.5) is 0 Å². The van der Waals surface area contributed by atoms with Gasteiger partial charge in [0.05, 0.1) is 5.54 Å². The molecule has 0 saturated carbocycles. The number of aromatic nitrogens is 2. The lowest BCUT2D eigenvalue weighted by molar-refractivity contribution is 0.373. The van der Waals surface area contributed by atoms with Crippen molar-refractivity contribution in [3.8, 4) is 11.7 Å². The second-order valence-electron chi connectivity index (χ2n) is 3.80. The van der Waals surface area contributed by atoms with Gasteiger partial charge in [0.1, 0.15) is 0 Å². The first-order valence-corrected chi connectivity index (χ1v) is 5.71. The Hall–Kier alpha value is -1.14. The molecule has 5 nitrogen and oxygen atoms in total. The molecule has 0 spiro atoms. The Morgan fingerprint density at radius 1 is 1.50 bits per heavy atom. The number of nitrogens with zero attached hydrogens (tertiary/aromatic N) is 2. The van der Waals surface area contributed by atoms with Gasteiger partial charge in [-0.05, 0) is 41.4 Å². The second-order valence-corrected chi connectivity index (χ2v) is 4.58. The van der Waals surface area contributed by atoms with E-state index in [1.165, 1.54) is 0 Å². The lowest BCUT2D eigenvalue weighted by Gasteiger charge is -2.16. The van der Waals surface area contributed by atoms with Crippen LogP contribution in [0.3, 0.4) is 0 Å². The Labute approximate surface area is 101 Å². The molecule has 0 bridgehead atoms. The summed E-state index contributed by atoms with van der Waals surface area (Å²) >= 11 is 3.21. The third kappa shape index (κ3) is 2.03. The highest BCUT2D eigenvalue weighted by atomic mass is 79.9. The van der Waals surface area contributed by atoms with Crippen molar-refractivity contribution >= 4 is 15.9 Å². The van der Waals surface area contributed by atoms with Crippen LogP contribution >= 0.6 is 15.9 Å². The molecule has 2 aromatic rings. The molecule has 0 amide bonds. The van der Waals surface area contributed by atoms with Crippen LogP contribution < -0.4 is 5.73 Å². The van der Waals surface area contributed by atoms with E-state index in [1.54, 1.807) is 12.1 Å². The number of nitrogens with two attached hydrogens (primary N) is 1. The summed E-state index contributed by atoms with van der Waals surface area (Å²) in [6.07, 6.45) is 0.730. The van der Waals surface area contributed by atoms with E-state index < -0.39 is 5.54 Å². The molecule has 0 aromatic carbocycles. The van der Waals surface area contributed by atoms with Gasteiger partial charge < -0.3 is 14.7 Å². The number of halogens is 1. The van der Waals surface area contributed by atoms with Crippen LogP contribution in [0, 0.1) is 0 Å². The van der Waals surface area contributed by atoms with Crippen molar-refractivity contribution < 1.29 is 8.94 Å². The first-order chi connectivity index (χ1) is 7.53. The van der Waals surface area contributed by atoms with Crippen LogP contribution in [0.2, 0.25) is 0 Å². The predicted octanol–water partition coefficient (Wildman–Crippen LogP) is 2.68. The van der Waals surface area contributed by atoms with Crippen molar-refractivity contribution in [3.63, 3.8) is 0 Å². The lowest BCUT2D eigenvalue weighted by atomic mass is 10.0. The average Bonchev–Trinajstić information content (AvgIpc) is 2.85. The van der Waals surface area contributed by atoms with E-state index in [4.69, 9.17) is 14.7 Å². The van der Waals surface area contributed by atoms with Gasteiger partial charge >= 0.3 is 0 Å². The van der Waals surface area contributed by atoms with E-state index >= 15 is 0 Å². The van der Waals surface area contributed by atoms with Crippen molar-refractivity contribution in [2.45, 2.75) is 25.8 Å². The first-order valence-electron chi connectivity index (χ1n) is 4.91. The van der Waals surface area contributed by atoms with Gasteiger partial charge in [-0.25, -0.2) is 0 Å². The van der Waals surface area contributed by atoms with Gasteiger partial charge in [0.15, 0.2) is 16.3 Å². The summed E-state index contributed by atoms with van der Waals surface area (Å²) in [7, 11) is 0. The molecule has 0 fully saturated rings. The van der Waals surface area contributed by atoms with E-state index in [9.17, 15) is 0 Å². The molecule has 0 saturated heterocycles. The van der Waals surface area contributed by atoms with Gasteiger partial charge in [0.2, 0.25) is 0 Å². The highest BCUT2D eigenvalue weighted by Gasteiger charge is 2.26. The molecule has 0 aliphatic rings. The van der Waals surface area contributed by atoms with Crippen molar-refractivity contribution in [2.24, 2.45) is 5.73 Å². The molecular formula is C10H12BrN3O2. The molecule has 1 atom stereocenters. The lowest BCUT2D eigenvalue weighted by Crippen LogP contribution is -2.33. The Morgan fingerprint density at radius 3 is 2.81 bits per heavy atom. The van der Waals surface area contributed by atoms with E-state index in [2.05, 4.69) is 26.1 Å². The fourth-order valence-electron chi connectivity index (χ4n) is 1.14. The first kappa shape index (κ1) is 11.3. The third-order valence-corrected chi connectivity index (χ3v) is 2.88. The number of hydrogen-bond acceptors (Lipinski definition) is 5. The molecule has 2 aromatic heterocycles. The summed E-state index contributed by atoms with van der Waals surface area (Å²) in [4.78, 5) is 4.22. The van der Waals surface area contributed by atoms with E-state index in [0.29, 0.717) is 22.1 Å². The highest BCUT2D eigenvalue weighted by molar-refractivity contribution is 9.10. The summed E-state index contributed by atoms with van der Waals surface area (Å²) in [5.74, 6) is 1.35. The van der Waals surface area contributed by atoms with Crippen LogP contribution in [0.1, 0.15) is 26.1 Å². The predicted molar refractivity (Wildman–Crippen MR) is 61.5 cm³/mol. The molecule has 86 valence electrons. The van der Waals surface area contributed by atoms with E-state index in [1.807, 2.05) is 13.8 Å². The maximum atomic E-state index is 6.01. The Morgan fingerprint density at radius 2 is 2.25 bits per heavy atom. The summed E-state index contributed by atoms with van der Waals surface area (Å²) < 4.78 is 11.0. The van der Waals surface area contributed by atoms with Crippen LogP contribution in [0.15, 0.2) is 25.7 Å². The van der Waals surface area contributed by atoms with Crippen molar-refractivity contribution in [3.05, 3.63) is 22.6 Å². The molecule has 16 heavy (non-hydrogen) atoms. The zero-order valence-corrected chi connectivity index (χ0v) is 10.6. The zero-order valence-electron chi connectivity index (χ0n) is 9.03. The number of rotatable bonds is 3. The standard InChI is InChI=1S/C10H12BrN3O2/c1-3-10(2,12)9-13-8(16-14-9)6-4-5-7(11)15-6/h4-5H,3,12H2,1-2H3. The van der Waals surface area contributed by atoms with Crippen LogP contribution in [-0.2, 0) is 5.54 Å². The molecule has 0 aliphatic carbocycles. The van der Waals surface area contributed by atoms with Crippen LogP contribution in [0.25, 0.3) is 11.7 Å². The topological polar surface area (TPSA) is 78.1 Å². The Kier molecular flexibility index (Phi) is 2.86. The fourth-order valence-corrected chi connectivity index (χ4v) is 1.45. The van der Waals surface area contributed by atoms with Gasteiger partial charge in [-0.3, -0.25) is 0 Å². The van der Waals surface area contributed by atoms with Gasteiger partial charge in [-0.1, -0.05) is 12.1 Å². The van der Waals surface area contributed by atoms with Crippen molar-refractivity contribution in [2.75, 3.05) is 0 Å². The van der Waals surface area contributed by atoms with Crippen molar-refractivity contribution in [1.82, 2.24) is 10.1 Å². The Balaban J connectivity index is 2.33. The molecule has 0 radical (unpaired) electrons. The quantitative estimate of drug-likeness (QED) is 0.938.